The maximum absolute atomic E-state index is 12.6. The Morgan fingerprint density at radius 1 is 1.46 bits per heavy atom. The summed E-state index contributed by atoms with van der Waals surface area (Å²) in [7, 11) is 1.28. The number of aromatic nitrogens is 1. The summed E-state index contributed by atoms with van der Waals surface area (Å²) in [5.74, 6) is -1.62. The lowest BCUT2D eigenvalue weighted by Gasteiger charge is -2.36. The lowest BCUT2D eigenvalue weighted by Crippen LogP contribution is -2.66. The van der Waals surface area contributed by atoms with Gasteiger partial charge >= 0.3 is 0 Å². The van der Waals surface area contributed by atoms with Gasteiger partial charge in [0.05, 0.1) is 0 Å². The predicted octanol–water partition coefficient (Wildman–Crippen LogP) is -2.27. The molecule has 1 aromatic rings. The fraction of sp³-hybridized carbons (Fsp3) is 0.533. The van der Waals surface area contributed by atoms with E-state index in [0.29, 0.717) is 26.2 Å². The highest BCUT2D eigenvalue weighted by molar-refractivity contribution is 6.08. The normalized spacial score (nSPS) is 18.4. The lowest BCUT2D eigenvalue weighted by atomic mass is 9.93. The van der Waals surface area contributed by atoms with Crippen LogP contribution in [-0.4, -0.2) is 83.4 Å². The van der Waals surface area contributed by atoms with Gasteiger partial charge in [0.2, 0.25) is 5.88 Å². The molecule has 9 heteroatoms. The largest absolute Gasteiger partial charge is 0.475 e. The van der Waals surface area contributed by atoms with Crippen LogP contribution in [-0.2, 0) is 9.59 Å². The molecule has 2 rings (SSSR count). The molecule has 9 nitrogen and oxygen atoms in total. The van der Waals surface area contributed by atoms with E-state index in [1.807, 2.05) is 0 Å². The number of rotatable bonds is 6. The van der Waals surface area contributed by atoms with Crippen LogP contribution in [0.2, 0.25) is 0 Å². The van der Waals surface area contributed by atoms with Crippen LogP contribution >= 0.6 is 0 Å². The molecule has 4 N–H and O–H groups in total. The van der Waals surface area contributed by atoms with E-state index in [-0.39, 0.29) is 5.88 Å². The van der Waals surface area contributed by atoms with E-state index < -0.39 is 30.1 Å². The van der Waals surface area contributed by atoms with Crippen molar-refractivity contribution in [1.82, 2.24) is 20.5 Å². The summed E-state index contributed by atoms with van der Waals surface area (Å²) in [6.45, 7) is 1.32. The monoisotopic (exact) mass is 338 g/mol. The highest BCUT2D eigenvalue weighted by atomic mass is 16.5. The number of carbonyl (C=O) groups excluding carboxylic acids is 2. The zero-order valence-electron chi connectivity index (χ0n) is 13.4. The molecule has 0 bridgehead atoms. The highest BCUT2D eigenvalue weighted by Gasteiger charge is 2.52. The number of aliphatic hydroxyl groups excluding tert-OH is 1. The van der Waals surface area contributed by atoms with Crippen LogP contribution in [0.25, 0.3) is 0 Å². The Bertz CT molecular complexity index is 564. The molecule has 0 aromatic carbocycles. The van der Waals surface area contributed by atoms with Crippen molar-refractivity contribution in [2.45, 2.75) is 11.7 Å². The number of hydrogen-bond acceptors (Lipinski definition) is 7. The number of hydrogen-bond donors (Lipinski definition) is 4. The minimum absolute atomic E-state index is 0.213. The molecule has 2 amide bonds. The summed E-state index contributed by atoms with van der Waals surface area (Å²) in [4.78, 5) is 30.0. The second kappa shape index (κ2) is 8.04. The van der Waals surface area contributed by atoms with Gasteiger partial charge in [-0.3, -0.25) is 9.59 Å². The Morgan fingerprint density at radius 3 is 2.75 bits per heavy atom. The predicted molar refractivity (Wildman–Crippen MR) is 84.2 cm³/mol. The minimum atomic E-state index is -2.62. The van der Waals surface area contributed by atoms with Crippen molar-refractivity contribution in [2.75, 3.05) is 39.8 Å². The molecule has 1 aromatic heterocycles. The van der Waals surface area contributed by atoms with E-state index in [0.717, 1.165) is 0 Å². The number of nitrogens with zero attached hydrogens (tertiary/aromatic N) is 2. The second-order valence-electron chi connectivity index (χ2n) is 5.38. The van der Waals surface area contributed by atoms with Gasteiger partial charge < -0.3 is 30.5 Å². The van der Waals surface area contributed by atoms with Crippen molar-refractivity contribution in [2.24, 2.45) is 0 Å². The van der Waals surface area contributed by atoms with Crippen LogP contribution in [0.3, 0.4) is 0 Å². The maximum Gasteiger partial charge on any atom is 0.267 e. The quantitative estimate of drug-likeness (QED) is 0.431. The molecule has 1 saturated heterocycles. The molecular formula is C15H22N4O5. The van der Waals surface area contributed by atoms with Crippen LogP contribution in [0.1, 0.15) is 0 Å². The number of aliphatic hydroxyl groups is 2. The van der Waals surface area contributed by atoms with Crippen molar-refractivity contribution in [3.63, 3.8) is 0 Å². The Labute approximate surface area is 139 Å². The first-order chi connectivity index (χ1) is 11.5. The van der Waals surface area contributed by atoms with Crippen molar-refractivity contribution >= 4 is 11.8 Å². The van der Waals surface area contributed by atoms with Crippen molar-refractivity contribution in [1.29, 1.82) is 0 Å². The minimum Gasteiger partial charge on any atom is -0.475 e. The first-order valence-electron chi connectivity index (χ1n) is 7.66. The fourth-order valence-corrected chi connectivity index (χ4v) is 2.41. The van der Waals surface area contributed by atoms with E-state index in [9.17, 15) is 19.8 Å². The van der Waals surface area contributed by atoms with Crippen LogP contribution < -0.4 is 15.4 Å². The van der Waals surface area contributed by atoms with Gasteiger partial charge in [0, 0.05) is 45.5 Å². The third-order valence-electron chi connectivity index (χ3n) is 3.81. The summed E-state index contributed by atoms with van der Waals surface area (Å²) in [5.41, 5.74) is -2.62. The van der Waals surface area contributed by atoms with Gasteiger partial charge in [-0.2, -0.15) is 0 Å². The third-order valence-corrected chi connectivity index (χ3v) is 3.81. The molecule has 24 heavy (non-hydrogen) atoms. The first kappa shape index (κ1) is 18.1. The summed E-state index contributed by atoms with van der Waals surface area (Å²) in [5, 5.41) is 26.3. The Morgan fingerprint density at radius 2 is 2.17 bits per heavy atom. The zero-order chi connectivity index (χ0) is 17.6. The lowest BCUT2D eigenvalue weighted by molar-refractivity contribution is -0.176. The van der Waals surface area contributed by atoms with Gasteiger partial charge in [0.25, 0.3) is 17.4 Å². The average molecular weight is 338 g/mol. The molecule has 1 aliphatic heterocycles. The number of carbonyl (C=O) groups is 2. The Hall–Kier alpha value is -2.23. The summed E-state index contributed by atoms with van der Waals surface area (Å²) < 4.78 is 5.26. The van der Waals surface area contributed by atoms with Crippen LogP contribution in [0.15, 0.2) is 24.4 Å². The molecule has 0 saturated carbocycles. The SMILES string of the molecule is CNC(=O)C(O)(C(=O)N1CCNCC1)C(O)COc1ccccn1. The van der Waals surface area contributed by atoms with E-state index in [1.54, 1.807) is 18.2 Å². The standard InChI is InChI=1S/C15H22N4O5/c1-16-13(21)15(23,14(22)19-8-6-17-7-9-19)11(20)10-24-12-4-2-3-5-18-12/h2-5,11,17,20,23H,6-10H2,1H3,(H,16,21). The summed E-state index contributed by atoms with van der Waals surface area (Å²) in [6.07, 6.45) is -0.250. The molecule has 1 fully saturated rings. The van der Waals surface area contributed by atoms with Crippen molar-refractivity contribution in [3.8, 4) is 5.88 Å². The number of ether oxygens (including phenoxy) is 1. The zero-order valence-corrected chi connectivity index (χ0v) is 13.4. The summed E-state index contributed by atoms with van der Waals surface area (Å²) in [6, 6.07) is 4.94. The topological polar surface area (TPSA) is 124 Å². The van der Waals surface area contributed by atoms with Gasteiger partial charge in [-0.05, 0) is 6.07 Å². The molecule has 2 unspecified atom stereocenters. The van der Waals surface area contributed by atoms with Gasteiger partial charge in [0.15, 0.2) is 0 Å². The number of nitrogens with one attached hydrogen (secondary N) is 2. The van der Waals surface area contributed by atoms with E-state index >= 15 is 0 Å². The second-order valence-corrected chi connectivity index (χ2v) is 5.38. The number of pyridine rings is 1. The molecule has 132 valence electrons. The smallest absolute Gasteiger partial charge is 0.267 e. The van der Waals surface area contributed by atoms with E-state index in [4.69, 9.17) is 4.74 Å². The van der Waals surface area contributed by atoms with Gasteiger partial charge in [-0.1, -0.05) is 6.07 Å². The molecule has 2 atom stereocenters. The van der Waals surface area contributed by atoms with E-state index in [2.05, 4.69) is 15.6 Å². The van der Waals surface area contributed by atoms with Crippen molar-refractivity contribution < 1.29 is 24.5 Å². The molecule has 2 heterocycles. The van der Waals surface area contributed by atoms with Gasteiger partial charge in [-0.25, -0.2) is 4.98 Å². The third kappa shape index (κ3) is 3.81. The van der Waals surface area contributed by atoms with Crippen LogP contribution in [0, 0.1) is 0 Å². The number of piperazine rings is 1. The highest BCUT2D eigenvalue weighted by Crippen LogP contribution is 2.18. The van der Waals surface area contributed by atoms with Crippen molar-refractivity contribution in [3.05, 3.63) is 24.4 Å². The summed E-state index contributed by atoms with van der Waals surface area (Å²) >= 11 is 0. The number of amides is 2. The average Bonchev–Trinajstić information content (AvgIpc) is 2.65. The molecule has 0 spiro atoms. The fourth-order valence-electron chi connectivity index (χ4n) is 2.41. The maximum atomic E-state index is 12.6. The van der Waals surface area contributed by atoms with E-state index in [1.165, 1.54) is 18.1 Å². The van der Waals surface area contributed by atoms with Gasteiger partial charge in [0.1, 0.15) is 12.7 Å². The first-order valence-corrected chi connectivity index (χ1v) is 7.66. The van der Waals surface area contributed by atoms with Crippen LogP contribution in [0.5, 0.6) is 5.88 Å². The van der Waals surface area contributed by atoms with Gasteiger partial charge in [-0.15, -0.1) is 0 Å². The number of likely N-dealkylation sites (N-methyl/N-ethyl adjacent to an activating group) is 1. The Kier molecular flexibility index (Phi) is 6.07. The Balaban J connectivity index is 2.13. The van der Waals surface area contributed by atoms with Crippen LogP contribution in [0.4, 0.5) is 0 Å². The molecular weight excluding hydrogens is 316 g/mol. The molecule has 1 aliphatic rings. The molecule has 0 radical (unpaired) electrons. The molecule has 0 aliphatic carbocycles.